The van der Waals surface area contributed by atoms with Crippen LogP contribution in [0.15, 0.2) is 21.9 Å². The summed E-state index contributed by atoms with van der Waals surface area (Å²) in [5.74, 6) is 0. The van der Waals surface area contributed by atoms with Gasteiger partial charge in [0.2, 0.25) is 0 Å². The molecule has 0 saturated carbocycles. The number of aliphatic hydroxyl groups is 1. The smallest absolute Gasteiger partial charge is 0.330 e. The Bertz CT molecular complexity index is 664. The monoisotopic (exact) mass is 322 g/mol. The third-order valence-electron chi connectivity index (χ3n) is 3.04. The second kappa shape index (κ2) is 5.84. The first-order valence-electron chi connectivity index (χ1n) is 6.01. The Labute approximate surface area is 118 Å². The summed E-state index contributed by atoms with van der Waals surface area (Å²) in [4.78, 5) is 42.3. The quantitative estimate of drug-likeness (QED) is 0.445. The lowest BCUT2D eigenvalue weighted by molar-refractivity contribution is -0.131. The topological polar surface area (TPSA) is 151 Å². The SMILES string of the molecule is O=c1ccn(C2(O)COC[C@@H]2OCCP(=O)(O)O)c(=O)[nH]1. The average Bonchev–Trinajstić information content (AvgIpc) is 2.70. The molecule has 118 valence electrons. The van der Waals surface area contributed by atoms with E-state index in [1.54, 1.807) is 0 Å². The molecule has 2 rings (SSSR count). The molecule has 11 heteroatoms. The van der Waals surface area contributed by atoms with Crippen LogP contribution in [0.2, 0.25) is 0 Å². The molecule has 21 heavy (non-hydrogen) atoms. The summed E-state index contributed by atoms with van der Waals surface area (Å²) < 4.78 is 21.9. The lowest BCUT2D eigenvalue weighted by Gasteiger charge is -2.29. The van der Waals surface area contributed by atoms with Crippen LogP contribution in [0.4, 0.5) is 0 Å². The fourth-order valence-corrected chi connectivity index (χ4v) is 2.33. The molecule has 1 aromatic rings. The zero-order chi connectivity index (χ0) is 15.7. The van der Waals surface area contributed by atoms with Crippen molar-refractivity contribution in [1.29, 1.82) is 0 Å². The van der Waals surface area contributed by atoms with E-state index in [4.69, 9.17) is 19.3 Å². The van der Waals surface area contributed by atoms with E-state index in [0.717, 1.165) is 16.8 Å². The summed E-state index contributed by atoms with van der Waals surface area (Å²) in [6.07, 6.45) is -0.400. The molecule has 2 atom stereocenters. The molecule has 1 aliphatic rings. The number of H-pyrrole nitrogens is 1. The molecule has 4 N–H and O–H groups in total. The Morgan fingerprint density at radius 1 is 1.52 bits per heavy atom. The van der Waals surface area contributed by atoms with Crippen LogP contribution in [0.25, 0.3) is 0 Å². The zero-order valence-corrected chi connectivity index (χ0v) is 11.7. The highest BCUT2D eigenvalue weighted by Crippen LogP contribution is 2.34. The minimum atomic E-state index is -4.22. The van der Waals surface area contributed by atoms with E-state index in [0.29, 0.717) is 0 Å². The van der Waals surface area contributed by atoms with Gasteiger partial charge >= 0.3 is 13.3 Å². The van der Waals surface area contributed by atoms with Crippen molar-refractivity contribution >= 4 is 7.60 Å². The van der Waals surface area contributed by atoms with E-state index >= 15 is 0 Å². The third-order valence-corrected chi connectivity index (χ3v) is 3.81. The molecule has 1 aromatic heterocycles. The van der Waals surface area contributed by atoms with Crippen molar-refractivity contribution in [3.63, 3.8) is 0 Å². The molecule has 1 unspecified atom stereocenters. The zero-order valence-electron chi connectivity index (χ0n) is 10.8. The van der Waals surface area contributed by atoms with Gasteiger partial charge in [0.1, 0.15) is 6.10 Å². The van der Waals surface area contributed by atoms with Crippen molar-refractivity contribution in [2.45, 2.75) is 11.8 Å². The predicted octanol–water partition coefficient (Wildman–Crippen LogP) is -2.23. The largest absolute Gasteiger partial charge is 0.373 e. The van der Waals surface area contributed by atoms with Gasteiger partial charge in [-0.1, -0.05) is 0 Å². The highest BCUT2D eigenvalue weighted by Gasteiger charge is 2.46. The van der Waals surface area contributed by atoms with Crippen LogP contribution >= 0.6 is 7.60 Å². The Kier molecular flexibility index (Phi) is 4.47. The maximum Gasteiger partial charge on any atom is 0.330 e. The van der Waals surface area contributed by atoms with E-state index in [1.807, 2.05) is 4.98 Å². The Balaban J connectivity index is 2.17. The first-order chi connectivity index (χ1) is 9.72. The molecule has 0 aromatic carbocycles. The molecule has 0 bridgehead atoms. The molecule has 10 nitrogen and oxygen atoms in total. The summed E-state index contributed by atoms with van der Waals surface area (Å²) in [5, 5.41) is 10.5. The Morgan fingerprint density at radius 3 is 2.86 bits per heavy atom. The van der Waals surface area contributed by atoms with Gasteiger partial charge in [-0.05, 0) is 0 Å². The van der Waals surface area contributed by atoms with E-state index < -0.39 is 36.8 Å². The van der Waals surface area contributed by atoms with Crippen molar-refractivity contribution in [1.82, 2.24) is 9.55 Å². The number of hydrogen-bond acceptors (Lipinski definition) is 6. The van der Waals surface area contributed by atoms with Crippen LogP contribution in [-0.4, -0.2) is 56.5 Å². The number of hydrogen-bond donors (Lipinski definition) is 4. The Morgan fingerprint density at radius 2 is 2.24 bits per heavy atom. The number of aromatic amines is 1. The minimum absolute atomic E-state index is 0.0524. The maximum atomic E-state index is 11.7. The second-order valence-corrected chi connectivity index (χ2v) is 6.40. The van der Waals surface area contributed by atoms with Crippen LogP contribution in [-0.2, 0) is 19.8 Å². The van der Waals surface area contributed by atoms with Gasteiger partial charge in [0.05, 0.1) is 26.0 Å². The summed E-state index contributed by atoms with van der Waals surface area (Å²) in [6.45, 7) is -0.610. The van der Waals surface area contributed by atoms with Crippen LogP contribution < -0.4 is 11.2 Å². The fourth-order valence-electron chi connectivity index (χ4n) is 1.98. The molecule has 1 saturated heterocycles. The number of nitrogens with one attached hydrogen (secondary N) is 1. The molecule has 0 amide bonds. The molecular weight excluding hydrogens is 307 g/mol. The lowest BCUT2D eigenvalue weighted by atomic mass is 10.1. The molecule has 0 spiro atoms. The minimum Gasteiger partial charge on any atom is -0.373 e. The highest BCUT2D eigenvalue weighted by atomic mass is 31.2. The summed E-state index contributed by atoms with van der Waals surface area (Å²) in [6, 6.07) is 1.06. The van der Waals surface area contributed by atoms with Gasteiger partial charge in [0.15, 0.2) is 5.72 Å². The lowest BCUT2D eigenvalue weighted by Crippen LogP contribution is -2.52. The van der Waals surface area contributed by atoms with Crippen LogP contribution in [0, 0.1) is 0 Å². The average molecular weight is 322 g/mol. The van der Waals surface area contributed by atoms with E-state index in [-0.39, 0.29) is 19.8 Å². The summed E-state index contributed by atoms with van der Waals surface area (Å²) in [7, 11) is -4.22. The molecular formula is C10H15N2O8P. The number of nitrogens with zero attached hydrogens (tertiary/aromatic N) is 1. The van der Waals surface area contributed by atoms with E-state index in [9.17, 15) is 19.3 Å². The first-order valence-corrected chi connectivity index (χ1v) is 7.81. The molecule has 2 heterocycles. The standard InChI is InChI=1S/C10H15N2O8P/c13-8-1-2-12(9(14)11-8)10(15)6-19-5-7(10)20-3-4-21(16,17)18/h1-2,7,15H,3-6H2,(H,11,13,14)(H2,16,17,18)/t7-,10?/m0/s1. The van der Waals surface area contributed by atoms with Gasteiger partial charge in [-0.25, -0.2) is 4.79 Å². The highest BCUT2D eigenvalue weighted by molar-refractivity contribution is 7.51. The Hall–Kier alpha value is -1.29. The van der Waals surface area contributed by atoms with Crippen LogP contribution in [0.5, 0.6) is 0 Å². The van der Waals surface area contributed by atoms with Gasteiger partial charge in [0.25, 0.3) is 5.56 Å². The number of rotatable bonds is 5. The fraction of sp³-hybridized carbons (Fsp3) is 0.600. The van der Waals surface area contributed by atoms with Gasteiger partial charge < -0.3 is 24.4 Å². The van der Waals surface area contributed by atoms with Gasteiger partial charge in [-0.3, -0.25) is 18.9 Å². The normalized spacial score (nSPS) is 26.1. The second-order valence-electron chi connectivity index (χ2n) is 4.62. The van der Waals surface area contributed by atoms with Crippen molar-refractivity contribution in [3.05, 3.63) is 33.1 Å². The van der Waals surface area contributed by atoms with E-state index in [2.05, 4.69) is 0 Å². The maximum absolute atomic E-state index is 11.7. The summed E-state index contributed by atoms with van der Waals surface area (Å²) >= 11 is 0. The molecule has 0 radical (unpaired) electrons. The summed E-state index contributed by atoms with van der Waals surface area (Å²) in [5.41, 5.74) is -3.30. The van der Waals surface area contributed by atoms with Crippen molar-refractivity contribution in [2.75, 3.05) is 26.0 Å². The van der Waals surface area contributed by atoms with Crippen molar-refractivity contribution < 1.29 is 28.9 Å². The first kappa shape index (κ1) is 16.1. The van der Waals surface area contributed by atoms with Gasteiger partial charge in [0, 0.05) is 12.3 Å². The third kappa shape index (κ3) is 3.67. The predicted molar refractivity (Wildman–Crippen MR) is 69.0 cm³/mol. The molecule has 1 fully saturated rings. The van der Waals surface area contributed by atoms with E-state index in [1.165, 1.54) is 0 Å². The van der Waals surface area contributed by atoms with Crippen molar-refractivity contribution in [3.8, 4) is 0 Å². The number of ether oxygens (including phenoxy) is 2. The molecule has 0 aliphatic carbocycles. The van der Waals surface area contributed by atoms with Gasteiger partial charge in [-0.15, -0.1) is 0 Å². The molecule has 1 aliphatic heterocycles. The number of aromatic nitrogens is 2. The van der Waals surface area contributed by atoms with Crippen LogP contribution in [0.1, 0.15) is 0 Å². The van der Waals surface area contributed by atoms with Crippen molar-refractivity contribution in [2.24, 2.45) is 0 Å². The van der Waals surface area contributed by atoms with Gasteiger partial charge in [-0.2, -0.15) is 0 Å². The van der Waals surface area contributed by atoms with Crippen LogP contribution in [0.3, 0.4) is 0 Å².